The average Bonchev–Trinajstić information content (AvgIpc) is 2.50. The molecule has 0 saturated heterocycles. The summed E-state index contributed by atoms with van der Waals surface area (Å²) in [6, 6.07) is 7.76. The summed E-state index contributed by atoms with van der Waals surface area (Å²) in [7, 11) is 0. The first-order chi connectivity index (χ1) is 10.9. The number of carbonyl (C=O) groups is 2. The molecule has 23 heavy (non-hydrogen) atoms. The fourth-order valence-corrected chi connectivity index (χ4v) is 2.07. The minimum Gasteiger partial charge on any atom is -0.548 e. The van der Waals surface area contributed by atoms with E-state index in [0.29, 0.717) is 19.4 Å². The van der Waals surface area contributed by atoms with Crippen LogP contribution in [0.15, 0.2) is 30.3 Å². The number of hydrogen-bond donors (Lipinski definition) is 5. The molecule has 1 aromatic rings. The molecule has 0 aliphatic carbocycles. The van der Waals surface area contributed by atoms with E-state index in [9.17, 15) is 14.7 Å². The first kappa shape index (κ1) is 18.4. The Kier molecular flexibility index (Phi) is 7.55. The van der Waals surface area contributed by atoms with Crippen LogP contribution < -0.4 is 32.6 Å². The standard InChI is InChI=1S/C15H23N5O3/c16-11(9-10-5-2-1-3-6-10)13(21)20-12(14(22)23)7-4-8-19-15(17)18/h1-3,5-6,11-12H,4,7-9,16H2,(H,20,21)(H,22,23)(H4,17,18,19)/p+1/t11-,12-/m0/s1. The van der Waals surface area contributed by atoms with Crippen LogP contribution in [0.5, 0.6) is 0 Å². The molecule has 0 fully saturated rings. The van der Waals surface area contributed by atoms with Crippen molar-refractivity contribution >= 4 is 17.8 Å². The topological polar surface area (TPSA) is 163 Å². The molecular weight excluding hydrogens is 298 g/mol. The van der Waals surface area contributed by atoms with Crippen molar-refractivity contribution in [3.63, 3.8) is 0 Å². The molecule has 0 aliphatic heterocycles. The number of nitrogens with two attached hydrogens (primary N) is 2. The van der Waals surface area contributed by atoms with Gasteiger partial charge in [-0.3, -0.25) is 21.3 Å². The summed E-state index contributed by atoms with van der Waals surface area (Å²) < 4.78 is 0. The number of guanidine groups is 1. The van der Waals surface area contributed by atoms with Gasteiger partial charge in [0.05, 0.1) is 18.6 Å². The molecule has 0 unspecified atom stereocenters. The normalized spacial score (nSPS) is 12.9. The van der Waals surface area contributed by atoms with E-state index in [2.05, 4.69) is 16.0 Å². The van der Waals surface area contributed by atoms with Crippen molar-refractivity contribution < 1.29 is 25.4 Å². The summed E-state index contributed by atoms with van der Waals surface area (Å²) in [6.07, 6.45) is 1.12. The maximum absolute atomic E-state index is 12.1. The van der Waals surface area contributed by atoms with Gasteiger partial charge in [0.25, 0.3) is 5.91 Å². The zero-order valence-electron chi connectivity index (χ0n) is 13.0. The van der Waals surface area contributed by atoms with Crippen LogP contribution >= 0.6 is 0 Å². The fraction of sp³-hybridized carbons (Fsp3) is 0.400. The number of amides is 1. The highest BCUT2D eigenvalue weighted by molar-refractivity contribution is 5.85. The van der Waals surface area contributed by atoms with Gasteiger partial charge in [0.1, 0.15) is 0 Å². The van der Waals surface area contributed by atoms with Gasteiger partial charge in [0.15, 0.2) is 6.04 Å². The predicted molar refractivity (Wildman–Crippen MR) is 82.2 cm³/mol. The third-order valence-electron chi connectivity index (χ3n) is 3.30. The number of carboxylic acid groups (broad SMARTS) is 1. The van der Waals surface area contributed by atoms with E-state index in [1.54, 1.807) is 0 Å². The summed E-state index contributed by atoms with van der Waals surface area (Å²) in [5, 5.41) is 13.6. The van der Waals surface area contributed by atoms with Gasteiger partial charge < -0.3 is 21.0 Å². The van der Waals surface area contributed by atoms with E-state index in [-0.39, 0.29) is 12.4 Å². The molecule has 0 saturated carbocycles. The number of aliphatic carboxylic acids is 1. The Bertz CT molecular complexity index is 543. The Morgan fingerprint density at radius 2 is 1.91 bits per heavy atom. The van der Waals surface area contributed by atoms with Crippen LogP contribution in [0.3, 0.4) is 0 Å². The second-order valence-electron chi connectivity index (χ2n) is 5.29. The lowest BCUT2D eigenvalue weighted by Gasteiger charge is -2.20. The minimum absolute atomic E-state index is 0.0692. The van der Waals surface area contributed by atoms with Crippen molar-refractivity contribution in [2.45, 2.75) is 31.3 Å². The lowest BCUT2D eigenvalue weighted by Crippen LogP contribution is -2.78. The summed E-state index contributed by atoms with van der Waals surface area (Å²) in [6.45, 7) is 0.416. The van der Waals surface area contributed by atoms with Crippen LogP contribution in [0.4, 0.5) is 0 Å². The molecule has 0 aliphatic rings. The lowest BCUT2D eigenvalue weighted by atomic mass is 10.1. The number of hydrogen-bond acceptors (Lipinski definition) is 3. The Hall–Kier alpha value is -2.61. The molecule has 1 aromatic carbocycles. The first-order valence-electron chi connectivity index (χ1n) is 7.40. The maximum atomic E-state index is 12.1. The second-order valence-corrected chi connectivity index (χ2v) is 5.29. The third kappa shape index (κ3) is 7.28. The molecule has 0 heterocycles. The van der Waals surface area contributed by atoms with Gasteiger partial charge in [-0.15, -0.1) is 0 Å². The van der Waals surface area contributed by atoms with E-state index in [4.69, 9.17) is 11.5 Å². The zero-order chi connectivity index (χ0) is 17.2. The highest BCUT2D eigenvalue weighted by Gasteiger charge is 2.21. The smallest absolute Gasteiger partial charge is 0.338 e. The van der Waals surface area contributed by atoms with Crippen LogP contribution in [0.25, 0.3) is 0 Å². The van der Waals surface area contributed by atoms with Crippen LogP contribution in [-0.2, 0) is 16.0 Å². The van der Waals surface area contributed by atoms with Gasteiger partial charge in [-0.05, 0) is 18.4 Å². The number of benzene rings is 1. The zero-order valence-corrected chi connectivity index (χ0v) is 13.0. The van der Waals surface area contributed by atoms with Gasteiger partial charge in [0, 0.05) is 6.42 Å². The largest absolute Gasteiger partial charge is 0.548 e. The van der Waals surface area contributed by atoms with Gasteiger partial charge >= 0.3 is 5.96 Å². The van der Waals surface area contributed by atoms with Crippen molar-refractivity contribution in [1.29, 1.82) is 0 Å². The van der Waals surface area contributed by atoms with E-state index in [0.717, 1.165) is 5.56 Å². The first-order valence-corrected chi connectivity index (χ1v) is 7.40. The summed E-state index contributed by atoms with van der Waals surface area (Å²) in [4.78, 5) is 25.9. The highest BCUT2D eigenvalue weighted by atomic mass is 16.4. The number of nitrogens with one attached hydrogen (secondary N) is 2. The van der Waals surface area contributed by atoms with Crippen molar-refractivity contribution in [2.75, 3.05) is 6.54 Å². The quantitative estimate of drug-likeness (QED) is 0.175. The SMILES string of the molecule is NC(N)=[NH+]CCC[C@H](NC(=O)[C@@H]([NH3+])Cc1ccccc1)C(=O)[O-]. The number of carbonyl (C=O) groups excluding carboxylic acids is 2. The molecule has 8 nitrogen and oxygen atoms in total. The predicted octanol–water partition coefficient (Wildman–Crippen LogP) is -4.79. The van der Waals surface area contributed by atoms with Crippen LogP contribution in [0.1, 0.15) is 18.4 Å². The Morgan fingerprint density at radius 1 is 1.26 bits per heavy atom. The molecule has 1 amide bonds. The minimum atomic E-state index is -1.32. The average molecular weight is 322 g/mol. The number of quaternary nitrogens is 1. The molecule has 9 N–H and O–H groups in total. The van der Waals surface area contributed by atoms with E-state index in [1.807, 2.05) is 30.3 Å². The Morgan fingerprint density at radius 3 is 2.48 bits per heavy atom. The molecule has 8 heteroatoms. The maximum Gasteiger partial charge on any atom is 0.338 e. The summed E-state index contributed by atoms with van der Waals surface area (Å²) in [5.74, 6) is -1.67. The Balaban J connectivity index is 2.49. The van der Waals surface area contributed by atoms with Crippen LogP contribution in [-0.4, -0.2) is 36.5 Å². The van der Waals surface area contributed by atoms with Crippen LogP contribution in [0, 0.1) is 0 Å². The van der Waals surface area contributed by atoms with Gasteiger partial charge in [-0.2, -0.15) is 0 Å². The van der Waals surface area contributed by atoms with E-state index >= 15 is 0 Å². The van der Waals surface area contributed by atoms with E-state index < -0.39 is 24.0 Å². The molecule has 1 rings (SSSR count). The molecule has 0 bridgehead atoms. The summed E-state index contributed by atoms with van der Waals surface area (Å²) in [5.41, 5.74) is 15.2. The monoisotopic (exact) mass is 322 g/mol. The van der Waals surface area contributed by atoms with Crippen molar-refractivity contribution in [1.82, 2.24) is 5.32 Å². The van der Waals surface area contributed by atoms with Crippen molar-refractivity contribution in [2.24, 2.45) is 11.5 Å². The lowest BCUT2D eigenvalue weighted by molar-refractivity contribution is -0.459. The number of carboxylic acids is 1. The second kappa shape index (κ2) is 9.42. The Labute approximate surface area is 134 Å². The molecule has 2 atom stereocenters. The fourth-order valence-electron chi connectivity index (χ4n) is 2.07. The highest BCUT2D eigenvalue weighted by Crippen LogP contribution is 2.02. The van der Waals surface area contributed by atoms with Crippen molar-refractivity contribution in [3.05, 3.63) is 35.9 Å². The number of rotatable bonds is 9. The molecule has 0 aromatic heterocycles. The third-order valence-corrected chi connectivity index (χ3v) is 3.30. The molecular formula is C15H24N5O3+. The van der Waals surface area contributed by atoms with Gasteiger partial charge in [-0.25, -0.2) is 0 Å². The van der Waals surface area contributed by atoms with Gasteiger partial charge in [-0.1, -0.05) is 30.3 Å². The summed E-state index contributed by atoms with van der Waals surface area (Å²) >= 11 is 0. The molecule has 0 spiro atoms. The van der Waals surface area contributed by atoms with Gasteiger partial charge in [0.2, 0.25) is 0 Å². The van der Waals surface area contributed by atoms with Crippen LogP contribution in [0.2, 0.25) is 0 Å². The van der Waals surface area contributed by atoms with E-state index in [1.165, 1.54) is 0 Å². The molecule has 126 valence electrons. The molecule has 0 radical (unpaired) electrons. The van der Waals surface area contributed by atoms with Crippen molar-refractivity contribution in [3.8, 4) is 0 Å².